The van der Waals surface area contributed by atoms with E-state index in [4.69, 9.17) is 10.8 Å². The second-order valence-electron chi connectivity index (χ2n) is 4.05. The molecule has 1 aromatic rings. The number of nitrogens with zero attached hydrogens (tertiary/aromatic N) is 1. The van der Waals surface area contributed by atoms with Gasteiger partial charge < -0.3 is 16.2 Å². The molecule has 0 saturated carbocycles. The predicted molar refractivity (Wildman–Crippen MR) is 65.6 cm³/mol. The van der Waals surface area contributed by atoms with Crippen molar-refractivity contribution >= 4 is 11.9 Å². The zero-order valence-electron chi connectivity index (χ0n) is 10.2. The van der Waals surface area contributed by atoms with E-state index in [9.17, 15) is 9.59 Å². The first kappa shape index (κ1) is 14.1. The van der Waals surface area contributed by atoms with Gasteiger partial charge in [-0.1, -0.05) is 0 Å². The van der Waals surface area contributed by atoms with Crippen LogP contribution in [0.2, 0.25) is 0 Å². The first-order chi connectivity index (χ1) is 8.50. The van der Waals surface area contributed by atoms with E-state index in [1.807, 2.05) is 6.92 Å². The molecule has 6 nitrogen and oxygen atoms in total. The third-order valence-electron chi connectivity index (χ3n) is 2.57. The molecule has 0 aliphatic heterocycles. The summed E-state index contributed by atoms with van der Waals surface area (Å²) in [5, 5.41) is 11.2. The Hall–Kier alpha value is -1.95. The van der Waals surface area contributed by atoms with Crippen molar-refractivity contribution < 1.29 is 14.7 Å². The van der Waals surface area contributed by atoms with Gasteiger partial charge in [0.05, 0.1) is 12.1 Å². The van der Waals surface area contributed by atoms with Crippen LogP contribution in [0.3, 0.4) is 0 Å². The van der Waals surface area contributed by atoms with Gasteiger partial charge in [-0.05, 0) is 31.0 Å². The lowest BCUT2D eigenvalue weighted by Gasteiger charge is -2.17. The van der Waals surface area contributed by atoms with Gasteiger partial charge in [-0.15, -0.1) is 0 Å². The molecular weight excluding hydrogens is 234 g/mol. The second-order valence-corrected chi connectivity index (χ2v) is 4.05. The third-order valence-corrected chi connectivity index (χ3v) is 2.57. The van der Waals surface area contributed by atoms with Crippen LogP contribution in [0.25, 0.3) is 0 Å². The first-order valence-electron chi connectivity index (χ1n) is 5.68. The van der Waals surface area contributed by atoms with Gasteiger partial charge in [-0.25, -0.2) is 0 Å². The van der Waals surface area contributed by atoms with Gasteiger partial charge in [-0.3, -0.25) is 14.6 Å². The number of carboxylic acid groups (broad SMARTS) is 1. The van der Waals surface area contributed by atoms with Gasteiger partial charge in [0.1, 0.15) is 0 Å². The Morgan fingerprint density at radius 3 is 2.61 bits per heavy atom. The molecule has 0 fully saturated rings. The van der Waals surface area contributed by atoms with Gasteiger partial charge in [-0.2, -0.15) is 0 Å². The van der Waals surface area contributed by atoms with Crippen molar-refractivity contribution in [2.45, 2.75) is 31.8 Å². The number of carboxylic acids is 1. The van der Waals surface area contributed by atoms with Crippen LogP contribution in [0.5, 0.6) is 0 Å². The van der Waals surface area contributed by atoms with Crippen LogP contribution in [0, 0.1) is 0 Å². The molecule has 0 bridgehead atoms. The Labute approximate surface area is 105 Å². The van der Waals surface area contributed by atoms with Crippen molar-refractivity contribution in [3.63, 3.8) is 0 Å². The molecule has 1 amide bonds. The fraction of sp³-hybridized carbons (Fsp3) is 0.417. The summed E-state index contributed by atoms with van der Waals surface area (Å²) in [4.78, 5) is 26.0. The van der Waals surface area contributed by atoms with E-state index >= 15 is 0 Å². The molecule has 0 aromatic carbocycles. The molecule has 1 heterocycles. The molecule has 0 aliphatic rings. The van der Waals surface area contributed by atoms with Crippen molar-refractivity contribution in [1.29, 1.82) is 0 Å². The van der Waals surface area contributed by atoms with E-state index in [1.54, 1.807) is 24.5 Å². The average Bonchev–Trinajstić information content (AvgIpc) is 2.36. The molecule has 98 valence electrons. The summed E-state index contributed by atoms with van der Waals surface area (Å²) in [5.41, 5.74) is 6.52. The summed E-state index contributed by atoms with van der Waals surface area (Å²) < 4.78 is 0. The van der Waals surface area contributed by atoms with Crippen molar-refractivity contribution in [3.8, 4) is 0 Å². The minimum Gasteiger partial charge on any atom is -0.481 e. The molecular formula is C12H17N3O3. The van der Waals surface area contributed by atoms with Crippen molar-refractivity contribution in [1.82, 2.24) is 10.3 Å². The van der Waals surface area contributed by atoms with Crippen molar-refractivity contribution in [2.75, 3.05) is 0 Å². The summed E-state index contributed by atoms with van der Waals surface area (Å²) in [6.07, 6.45) is 3.30. The van der Waals surface area contributed by atoms with Crippen LogP contribution in [0.4, 0.5) is 0 Å². The zero-order chi connectivity index (χ0) is 13.5. The van der Waals surface area contributed by atoms with E-state index in [0.717, 1.165) is 5.56 Å². The molecule has 0 radical (unpaired) electrons. The zero-order valence-corrected chi connectivity index (χ0v) is 10.2. The van der Waals surface area contributed by atoms with E-state index in [1.165, 1.54) is 0 Å². The van der Waals surface area contributed by atoms with Gasteiger partial charge >= 0.3 is 5.97 Å². The fourth-order valence-electron chi connectivity index (χ4n) is 1.47. The molecule has 0 spiro atoms. The number of aliphatic carboxylic acids is 1. The lowest BCUT2D eigenvalue weighted by Crippen LogP contribution is -2.41. The molecule has 2 atom stereocenters. The van der Waals surface area contributed by atoms with Gasteiger partial charge in [0.15, 0.2) is 0 Å². The van der Waals surface area contributed by atoms with Gasteiger partial charge in [0.2, 0.25) is 5.91 Å². The summed E-state index contributed by atoms with van der Waals surface area (Å²) in [5.74, 6) is -1.30. The number of hydrogen-bond donors (Lipinski definition) is 3. The molecule has 6 heteroatoms. The summed E-state index contributed by atoms with van der Waals surface area (Å²) >= 11 is 0. The Kier molecular flexibility index (Phi) is 5.26. The third kappa shape index (κ3) is 4.50. The van der Waals surface area contributed by atoms with Crippen molar-refractivity contribution in [3.05, 3.63) is 30.1 Å². The smallest absolute Gasteiger partial charge is 0.303 e. The monoisotopic (exact) mass is 251 g/mol. The number of carbonyl (C=O) groups is 2. The molecule has 0 saturated heterocycles. The Bertz CT molecular complexity index is 408. The lowest BCUT2D eigenvalue weighted by molar-refractivity contribution is -0.137. The Balaban J connectivity index is 2.46. The quantitative estimate of drug-likeness (QED) is 0.680. The number of carbonyl (C=O) groups excluding carboxylic acids is 1. The van der Waals surface area contributed by atoms with Crippen LogP contribution in [-0.4, -0.2) is 28.0 Å². The van der Waals surface area contributed by atoms with E-state index < -0.39 is 12.0 Å². The Morgan fingerprint density at radius 2 is 2.06 bits per heavy atom. The van der Waals surface area contributed by atoms with Crippen LogP contribution < -0.4 is 11.1 Å². The van der Waals surface area contributed by atoms with E-state index in [-0.39, 0.29) is 24.8 Å². The molecule has 0 aliphatic carbocycles. The number of aromatic nitrogens is 1. The number of nitrogens with two attached hydrogens (primary N) is 1. The summed E-state index contributed by atoms with van der Waals surface area (Å²) in [6, 6.07) is 2.61. The maximum atomic E-state index is 11.7. The maximum Gasteiger partial charge on any atom is 0.303 e. The standard InChI is InChI=1S/C12H17N3O3/c1-8(9-4-6-14-7-5-9)15-12(18)10(13)2-3-11(16)17/h4-8,10H,2-3,13H2,1H3,(H,15,18)(H,16,17). The molecule has 4 N–H and O–H groups in total. The summed E-state index contributed by atoms with van der Waals surface area (Å²) in [6.45, 7) is 1.83. The molecule has 1 aromatic heterocycles. The molecule has 18 heavy (non-hydrogen) atoms. The van der Waals surface area contributed by atoms with E-state index in [0.29, 0.717) is 0 Å². The van der Waals surface area contributed by atoms with Crippen LogP contribution >= 0.6 is 0 Å². The number of rotatable bonds is 6. The maximum absolute atomic E-state index is 11.7. The average molecular weight is 251 g/mol. The SMILES string of the molecule is CC(NC(=O)C(N)CCC(=O)O)c1ccncc1. The largest absolute Gasteiger partial charge is 0.481 e. The topological polar surface area (TPSA) is 105 Å². The van der Waals surface area contributed by atoms with E-state index in [2.05, 4.69) is 10.3 Å². The highest BCUT2D eigenvalue weighted by Gasteiger charge is 2.17. The molecule has 1 rings (SSSR count). The van der Waals surface area contributed by atoms with Crippen molar-refractivity contribution in [2.24, 2.45) is 5.73 Å². The van der Waals surface area contributed by atoms with Gasteiger partial charge in [0, 0.05) is 18.8 Å². The van der Waals surface area contributed by atoms with Crippen LogP contribution in [-0.2, 0) is 9.59 Å². The minimum atomic E-state index is -0.958. The second kappa shape index (κ2) is 6.70. The number of pyridine rings is 1. The highest BCUT2D eigenvalue weighted by atomic mass is 16.4. The normalized spacial score (nSPS) is 13.7. The van der Waals surface area contributed by atoms with Crippen LogP contribution in [0.1, 0.15) is 31.4 Å². The fourth-order valence-corrected chi connectivity index (χ4v) is 1.47. The number of nitrogens with one attached hydrogen (secondary N) is 1. The number of amides is 1. The van der Waals surface area contributed by atoms with Gasteiger partial charge in [0.25, 0.3) is 0 Å². The Morgan fingerprint density at radius 1 is 1.44 bits per heavy atom. The highest BCUT2D eigenvalue weighted by molar-refractivity contribution is 5.82. The molecule has 2 unspecified atom stereocenters. The predicted octanol–water partition coefficient (Wildman–Crippen LogP) is 0.451. The van der Waals surface area contributed by atoms with Crippen LogP contribution in [0.15, 0.2) is 24.5 Å². The minimum absolute atomic E-state index is 0.113. The first-order valence-corrected chi connectivity index (χ1v) is 5.68. The summed E-state index contributed by atoms with van der Waals surface area (Å²) in [7, 11) is 0. The lowest BCUT2D eigenvalue weighted by atomic mass is 10.1. The number of hydrogen-bond acceptors (Lipinski definition) is 4. The highest BCUT2D eigenvalue weighted by Crippen LogP contribution is 2.10.